The number of aldehydes is 2. The van der Waals surface area contributed by atoms with Crippen molar-refractivity contribution < 1.29 is 63.4 Å². The third-order valence-corrected chi connectivity index (χ3v) is 20.6. The molecule has 616 valence electrons. The molecule has 1 aliphatic rings. The summed E-state index contributed by atoms with van der Waals surface area (Å²) in [4.78, 5) is 54.0. The second-order valence-electron chi connectivity index (χ2n) is 25.7. The number of methoxy groups -OCH3 is 2. The van der Waals surface area contributed by atoms with Gasteiger partial charge in [-0.1, -0.05) is 192 Å². The molecule has 0 bridgehead atoms. The van der Waals surface area contributed by atoms with Crippen molar-refractivity contribution in [3.05, 3.63) is 71.6 Å². The number of carbonyl (C=O) groups is 5. The first kappa shape index (κ1) is 123. The number of cyclic esters (lactones) is 1. The molecule has 0 radical (unpaired) electrons. The number of esters is 3. The summed E-state index contributed by atoms with van der Waals surface area (Å²) in [6, 6.07) is 0. The Morgan fingerprint density at radius 2 is 1.03 bits per heavy atom. The third kappa shape index (κ3) is 83.8. The van der Waals surface area contributed by atoms with Crippen molar-refractivity contribution in [2.75, 3.05) is 47.8 Å². The van der Waals surface area contributed by atoms with E-state index in [9.17, 15) is 28.5 Å². The van der Waals surface area contributed by atoms with E-state index in [0.29, 0.717) is 78.5 Å². The summed E-state index contributed by atoms with van der Waals surface area (Å²) in [6.45, 7) is 56.1. The molecule has 1 aliphatic heterocycles. The van der Waals surface area contributed by atoms with Gasteiger partial charge in [-0.15, -0.1) is 33.5 Å². The Balaban J connectivity index is -0.000000107. The van der Waals surface area contributed by atoms with E-state index in [1.165, 1.54) is 77.6 Å². The highest BCUT2D eigenvalue weighted by Crippen LogP contribution is 2.53. The Kier molecular flexibility index (Phi) is 104. The molecule has 0 saturated heterocycles. The second-order valence-corrected chi connectivity index (χ2v) is 39.4. The van der Waals surface area contributed by atoms with Gasteiger partial charge in [-0.3, -0.25) is 9.36 Å². The van der Waals surface area contributed by atoms with Crippen LogP contribution in [-0.4, -0.2) is 102 Å². The number of ether oxygens (including phenoxy) is 3. The maximum absolute atomic E-state index is 12.0. The number of hydrogen-bond donors (Lipinski definition) is 2. The zero-order valence-corrected chi connectivity index (χ0v) is 86.4. The van der Waals surface area contributed by atoms with E-state index in [2.05, 4.69) is 326 Å². The molecular formula is C80H151ClI5O13P4S+. The molecule has 0 aliphatic carbocycles. The van der Waals surface area contributed by atoms with Crippen molar-refractivity contribution in [3.8, 4) is 11.8 Å². The lowest BCUT2D eigenvalue weighted by atomic mass is 9.92. The first-order valence-electron chi connectivity index (χ1n) is 37.2. The van der Waals surface area contributed by atoms with Crippen LogP contribution < -0.4 is 0 Å². The van der Waals surface area contributed by atoms with E-state index in [1.54, 1.807) is 27.7 Å². The van der Waals surface area contributed by atoms with Crippen molar-refractivity contribution >= 4 is 200 Å². The smallest absolute Gasteiger partial charge is 0.355 e. The third-order valence-electron chi connectivity index (χ3n) is 16.4. The van der Waals surface area contributed by atoms with Gasteiger partial charge in [0, 0.05) is 56.8 Å². The Bertz CT molecular complexity index is 2490. The van der Waals surface area contributed by atoms with Crippen LogP contribution in [0.3, 0.4) is 0 Å². The first-order chi connectivity index (χ1) is 48.7. The van der Waals surface area contributed by atoms with Gasteiger partial charge in [-0.05, 0) is 285 Å². The molecule has 0 aromatic heterocycles. The van der Waals surface area contributed by atoms with Crippen LogP contribution in [0, 0.1) is 88.8 Å². The highest BCUT2D eigenvalue weighted by atomic mass is 127. The molecule has 0 aromatic rings. The quantitative estimate of drug-likeness (QED) is 0.0123. The van der Waals surface area contributed by atoms with Crippen LogP contribution in [0.15, 0.2) is 71.6 Å². The van der Waals surface area contributed by atoms with E-state index >= 15 is 0 Å². The summed E-state index contributed by atoms with van der Waals surface area (Å²) in [7, 11) is 4.74. The van der Waals surface area contributed by atoms with Gasteiger partial charge in [0.25, 0.3) is 0 Å². The fourth-order valence-electron chi connectivity index (χ4n) is 8.77. The number of allylic oxidation sites excluding steroid dienone is 10. The zero-order chi connectivity index (χ0) is 84.7. The number of aliphatic hydroxyl groups excluding tert-OH is 2. The average molecular weight is 2150 g/mol. The molecule has 0 fully saturated rings. The Hall–Kier alpha value is 0.880. The number of hydrogen-bond acceptors (Lipinski definition) is 14. The van der Waals surface area contributed by atoms with Crippen LogP contribution >= 0.6 is 158 Å². The van der Waals surface area contributed by atoms with Gasteiger partial charge in [0.1, 0.15) is 18.7 Å². The zero-order valence-electron chi connectivity index (χ0n) is 71.9. The average Bonchev–Trinajstić information content (AvgIpc) is 0.852. The van der Waals surface area contributed by atoms with Crippen molar-refractivity contribution in [2.45, 2.75) is 263 Å². The Morgan fingerprint density at radius 3 is 1.33 bits per heavy atom. The second kappa shape index (κ2) is 87.8. The van der Waals surface area contributed by atoms with Crippen molar-refractivity contribution in [3.63, 3.8) is 0 Å². The van der Waals surface area contributed by atoms with Crippen LogP contribution in [0.2, 0.25) is 0 Å². The maximum atomic E-state index is 12.0. The van der Waals surface area contributed by atoms with Gasteiger partial charge >= 0.3 is 26.8 Å². The molecule has 24 heteroatoms. The highest BCUT2D eigenvalue weighted by Gasteiger charge is 2.38. The largest absolute Gasteiger partial charge is 0.468 e. The van der Waals surface area contributed by atoms with E-state index < -0.39 is 26.2 Å². The van der Waals surface area contributed by atoms with Crippen LogP contribution in [0.1, 0.15) is 253 Å². The van der Waals surface area contributed by atoms with Gasteiger partial charge in [0.05, 0.1) is 36.4 Å². The number of aliphatic hydroxyl groups is 2. The molecule has 2 N–H and O–H groups in total. The lowest BCUT2D eigenvalue weighted by molar-refractivity contribution is -0.147. The molecule has 104 heavy (non-hydrogen) atoms. The molecule has 1 rings (SSSR count). The van der Waals surface area contributed by atoms with Crippen molar-refractivity contribution in [2.24, 2.45) is 76.9 Å². The van der Waals surface area contributed by atoms with Gasteiger partial charge in [0.15, 0.2) is 24.5 Å². The molecule has 0 aromatic carbocycles. The van der Waals surface area contributed by atoms with E-state index in [-0.39, 0.29) is 49.6 Å². The Morgan fingerprint density at radius 1 is 0.683 bits per heavy atom. The molecular weight excluding hydrogens is 1990 g/mol. The topological polar surface area (TPSA) is 189 Å². The summed E-state index contributed by atoms with van der Waals surface area (Å²) >= 11 is 15.9. The van der Waals surface area contributed by atoms with Gasteiger partial charge in [0.2, 0.25) is 0 Å². The van der Waals surface area contributed by atoms with Gasteiger partial charge < -0.3 is 43.1 Å². The molecule has 13 nitrogen and oxygen atoms in total. The minimum atomic E-state index is -3.36. The summed E-state index contributed by atoms with van der Waals surface area (Å²) in [5, 5.41) is 15.7. The van der Waals surface area contributed by atoms with Crippen LogP contribution in [0.25, 0.3) is 0 Å². The number of carbonyl (C=O) groups excluding carboxylic acids is 5. The Labute approximate surface area is 728 Å². The minimum Gasteiger partial charge on any atom is -0.468 e. The minimum absolute atomic E-state index is 0. The molecule has 18 atom stereocenters. The van der Waals surface area contributed by atoms with Crippen LogP contribution in [-0.2, 0) is 63.6 Å². The fraction of sp³-hybridized carbons (Fsp3) is 0.738. The van der Waals surface area contributed by atoms with Gasteiger partial charge in [-0.25, -0.2) is 9.59 Å². The monoisotopic (exact) mass is 2150 g/mol. The standard InChI is InChI=1S/C13H21IO2.C11H15IO2.C10H19I.C10H18.C9H17IO.C9H15IO.C8H17O5P.C8H16O.CH4O.CH5P.ClH.H2P2S/c1-9(11(3)8-12(4)14)6-7-10(2)13(15)16-5;1-7-4-5-10(14-11(7)13)8(2)6-9(3)12;1-5-6-8(2)9(3)7-10(4)11;1-5-7-9(3)10(4)8-6-2;2*1-7(4-5-11)8(2)6-9(3)10;1-5-12-14(10,13-6-2)7(3)8(9)11-4;1-4-5-7(2)8(3)6-9;2*1-2;;1-2-3/h7-9,11H,6H2,1-5H3;4,6,8,10H,5H2,1-3H3;7-9H,5-6H2,1-4H3;9-10H,5,7H2,1-4H3;6-8,11H,4-5H2,1-3H3;5-8H,4H2,1-3H3;7H,5-6H2,1-4H3;6-8H,4-5H2,1-3H3;2H,1H3;2H2,1H3;1H;1H2/p+1/b10-7-,12-8+;9-6+;10-7+;;2*9-6+;;;;;;/t9-,11-;8-,10-;8-,9-;9-,10-;2*7-,8-;;7-,8-;;;;/m000000.0..../s1/i;;;;;;;;;1D;;/hT. The lowest BCUT2D eigenvalue weighted by Gasteiger charge is -2.24. The molecule has 0 saturated carbocycles. The summed E-state index contributed by atoms with van der Waals surface area (Å²) in [6.07, 6.45) is 28.1. The van der Waals surface area contributed by atoms with Crippen molar-refractivity contribution in [1.82, 2.24) is 0 Å². The first-order valence-corrected chi connectivity index (χ1v) is 47.4. The van der Waals surface area contributed by atoms with Gasteiger partial charge in [-0.2, -0.15) is 0 Å². The van der Waals surface area contributed by atoms with E-state index in [1.807, 2.05) is 32.9 Å². The normalized spacial score (nSPS) is 17.1. The SMILES string of the molecule is C/C(I)=C\[C@H](C)[C@@H](C)CC=O.C/C(I)=C\[C@H](C)[C@@H](C)CCO.CC#C[C@H](C)[C@@H](C)CCC.CC1=CC[C@@H]([C@@H](C)/C=C(\C)I)OC1=O.CCC[C@H](C)[C@@H](C)/C=C(\C)I.CCC[C@H](C)[C@@H](C)C=O.CCOP(=O)(OCC)C(C)C(=O)OC.CO.COC(=O)/C(C)=C\C[C@H](C)[C@@H](C)/C=C(\C)I.Cl.[2H]CP.[3H][P+](P)=S. The van der Waals surface area contributed by atoms with Crippen molar-refractivity contribution in [1.29, 1.82) is 1.28 Å². The summed E-state index contributed by atoms with van der Waals surface area (Å²) < 4.78 is 55.6. The molecule has 0 spiro atoms. The predicted octanol–water partition coefficient (Wildman–Crippen LogP) is 26.5. The lowest BCUT2D eigenvalue weighted by Crippen LogP contribution is -2.27. The summed E-state index contributed by atoms with van der Waals surface area (Å²) in [5.74, 6) is 12.4. The highest BCUT2D eigenvalue weighted by molar-refractivity contribution is 14.1. The predicted molar refractivity (Wildman–Crippen MR) is 512 cm³/mol. The van der Waals surface area contributed by atoms with Crippen LogP contribution in [0.4, 0.5) is 0 Å². The number of halogens is 6. The van der Waals surface area contributed by atoms with E-state index in [4.69, 9.17) is 26.6 Å². The number of rotatable bonds is 32. The van der Waals surface area contributed by atoms with Crippen LogP contribution in [0.5, 0.6) is 0 Å². The summed E-state index contributed by atoms with van der Waals surface area (Å²) in [5.41, 5.74) is 0.535. The molecule has 4 unspecified atom stereocenters. The molecule has 0 amide bonds. The van der Waals surface area contributed by atoms with E-state index in [0.717, 1.165) is 62.3 Å². The maximum Gasteiger partial charge on any atom is 0.355 e. The molecule has 1 heterocycles. The fourth-order valence-corrected chi connectivity index (χ4v) is 13.2.